The Balaban J connectivity index is 1.86. The van der Waals surface area contributed by atoms with Gasteiger partial charge in [-0.05, 0) is 62.3 Å². The number of aryl methyl sites for hydroxylation is 2. The van der Waals surface area contributed by atoms with Crippen molar-refractivity contribution in [1.82, 2.24) is 15.1 Å². The Morgan fingerprint density at radius 2 is 2.00 bits per heavy atom. The lowest BCUT2D eigenvalue weighted by molar-refractivity contribution is 0.176. The number of aliphatic hydroxyl groups is 2. The van der Waals surface area contributed by atoms with E-state index >= 15 is 0 Å². The van der Waals surface area contributed by atoms with E-state index in [1.54, 1.807) is 6.08 Å². The third-order valence-electron chi connectivity index (χ3n) is 7.60. The van der Waals surface area contributed by atoms with Crippen molar-refractivity contribution in [3.63, 3.8) is 0 Å². The molecule has 0 aromatic heterocycles. The summed E-state index contributed by atoms with van der Waals surface area (Å²) in [6.45, 7) is 14.6. The quantitative estimate of drug-likeness (QED) is 0.0692. The van der Waals surface area contributed by atoms with Crippen LogP contribution in [0.3, 0.4) is 0 Å². The van der Waals surface area contributed by atoms with Gasteiger partial charge in [0.05, 0.1) is 26.4 Å². The second-order valence-corrected chi connectivity index (χ2v) is 11.2. The molecular formula is C36H57FN4O3. The van der Waals surface area contributed by atoms with Gasteiger partial charge in [0.1, 0.15) is 12.0 Å². The Morgan fingerprint density at radius 1 is 1.18 bits per heavy atom. The van der Waals surface area contributed by atoms with Crippen molar-refractivity contribution in [2.24, 2.45) is 4.99 Å². The Bertz CT molecular complexity index is 1100. The number of alkyl halides is 1. The predicted octanol–water partition coefficient (Wildman–Crippen LogP) is 5.53. The number of rotatable bonds is 22. The average molecular weight is 613 g/mol. The van der Waals surface area contributed by atoms with E-state index in [0.29, 0.717) is 39.3 Å². The molecule has 3 N–H and O–H groups in total. The maximum absolute atomic E-state index is 13.3. The van der Waals surface area contributed by atoms with Crippen molar-refractivity contribution in [3.05, 3.63) is 82.6 Å². The van der Waals surface area contributed by atoms with Crippen LogP contribution in [0.4, 0.5) is 4.39 Å². The maximum atomic E-state index is 13.3. The average Bonchev–Trinajstić information content (AvgIpc) is 3.01. The molecule has 0 spiro atoms. The molecule has 0 heterocycles. The first-order chi connectivity index (χ1) is 21.4. The summed E-state index contributed by atoms with van der Waals surface area (Å²) < 4.78 is 19.1. The van der Waals surface area contributed by atoms with Crippen LogP contribution in [0.2, 0.25) is 0 Å². The summed E-state index contributed by atoms with van der Waals surface area (Å²) in [4.78, 5) is 9.16. The monoisotopic (exact) mass is 612 g/mol. The van der Waals surface area contributed by atoms with Gasteiger partial charge in [-0.3, -0.25) is 9.89 Å². The lowest BCUT2D eigenvalue weighted by Gasteiger charge is -2.28. The van der Waals surface area contributed by atoms with Gasteiger partial charge in [-0.25, -0.2) is 4.39 Å². The summed E-state index contributed by atoms with van der Waals surface area (Å²) >= 11 is 0. The minimum Gasteiger partial charge on any atom is -0.395 e. The van der Waals surface area contributed by atoms with Crippen molar-refractivity contribution in [3.8, 4) is 0 Å². The van der Waals surface area contributed by atoms with E-state index < -0.39 is 6.17 Å². The molecule has 0 saturated carbocycles. The molecule has 1 atom stereocenters. The normalized spacial score (nSPS) is 15.8. The van der Waals surface area contributed by atoms with Crippen LogP contribution in [0.25, 0.3) is 0 Å². The molecule has 0 saturated heterocycles. The molecule has 1 aromatic rings. The van der Waals surface area contributed by atoms with Crippen molar-refractivity contribution in [2.45, 2.75) is 72.5 Å². The zero-order valence-corrected chi connectivity index (χ0v) is 27.6. The van der Waals surface area contributed by atoms with Crippen LogP contribution in [0, 0.1) is 6.92 Å². The number of hydrogen-bond donors (Lipinski definition) is 3. The van der Waals surface area contributed by atoms with E-state index in [1.165, 1.54) is 16.7 Å². The predicted molar refractivity (Wildman–Crippen MR) is 182 cm³/mol. The van der Waals surface area contributed by atoms with E-state index in [-0.39, 0.29) is 13.2 Å². The summed E-state index contributed by atoms with van der Waals surface area (Å²) in [5.41, 5.74) is 5.99. The summed E-state index contributed by atoms with van der Waals surface area (Å²) in [5, 5.41) is 22.9. The minimum absolute atomic E-state index is 0.0909. The number of amidine groups is 1. The van der Waals surface area contributed by atoms with Crippen LogP contribution in [0.1, 0.15) is 63.1 Å². The number of allylic oxidation sites excluding steroid dienone is 4. The molecule has 8 heteroatoms. The lowest BCUT2D eigenvalue weighted by atomic mass is 10.0. The first-order valence-corrected chi connectivity index (χ1v) is 16.4. The van der Waals surface area contributed by atoms with Crippen molar-refractivity contribution in [2.75, 3.05) is 65.7 Å². The Hall–Kier alpha value is -2.78. The standard InChI is InChI=1S/C36H57FN4O3/c1-5-8-20-41(23-25-43)36(38-7-3)18-21-40(22-24-42)27-33-15-12-31(26-30(33)4)11-9-19-39-35(10-6-2)29-44-28-32-13-16-34(37)17-14-32/h5,8,10,12-16,26,34,39,42-43H,6-7,9,11,17-25,27-29H2,1-4H3/b8-5-,35-10-,38-36?. The molecule has 0 aliphatic heterocycles. The third-order valence-corrected chi connectivity index (χ3v) is 7.60. The van der Waals surface area contributed by atoms with E-state index in [9.17, 15) is 14.6 Å². The third kappa shape index (κ3) is 14.8. The molecule has 0 radical (unpaired) electrons. The summed E-state index contributed by atoms with van der Waals surface area (Å²) in [6, 6.07) is 6.74. The second kappa shape index (κ2) is 22.7. The highest BCUT2D eigenvalue weighted by Gasteiger charge is 2.14. The maximum Gasteiger partial charge on any atom is 0.122 e. The molecule has 0 fully saturated rings. The number of nitrogens with one attached hydrogen (secondary N) is 1. The topological polar surface area (TPSA) is 80.6 Å². The van der Waals surface area contributed by atoms with E-state index in [4.69, 9.17) is 9.73 Å². The number of hydrogen-bond acceptors (Lipinski definition) is 6. The Kier molecular flexibility index (Phi) is 19.3. The van der Waals surface area contributed by atoms with Crippen LogP contribution in [0.15, 0.2) is 70.9 Å². The summed E-state index contributed by atoms with van der Waals surface area (Å²) in [6.07, 6.45) is 14.9. The van der Waals surface area contributed by atoms with E-state index in [0.717, 1.165) is 69.0 Å². The highest BCUT2D eigenvalue weighted by Crippen LogP contribution is 2.16. The fourth-order valence-electron chi connectivity index (χ4n) is 5.19. The van der Waals surface area contributed by atoms with Gasteiger partial charge >= 0.3 is 0 Å². The SMILES string of the molecule is C/C=C\CN(CCO)C(CCN(CCO)Cc1ccc(CCCN/C(=C\CC)COCC2=CCC(F)C=C2)cc1C)=NCC. The molecule has 2 rings (SSSR count). The smallest absolute Gasteiger partial charge is 0.122 e. The highest BCUT2D eigenvalue weighted by atomic mass is 19.1. The molecule has 1 aromatic carbocycles. The molecule has 44 heavy (non-hydrogen) atoms. The van der Waals surface area contributed by atoms with Gasteiger partial charge < -0.3 is 25.2 Å². The van der Waals surface area contributed by atoms with Crippen molar-refractivity contribution in [1.29, 1.82) is 0 Å². The van der Waals surface area contributed by atoms with Gasteiger partial charge in [-0.15, -0.1) is 0 Å². The fraction of sp³-hybridized carbons (Fsp3) is 0.583. The summed E-state index contributed by atoms with van der Waals surface area (Å²) in [5.74, 6) is 1.00. The molecule has 246 valence electrons. The lowest BCUT2D eigenvalue weighted by Crippen LogP contribution is -2.37. The van der Waals surface area contributed by atoms with Crippen molar-refractivity contribution < 1.29 is 19.3 Å². The number of aliphatic imine (C=N–C) groups is 1. The summed E-state index contributed by atoms with van der Waals surface area (Å²) in [7, 11) is 0. The van der Waals surface area contributed by atoms with Crippen LogP contribution in [0.5, 0.6) is 0 Å². The van der Waals surface area contributed by atoms with Gasteiger partial charge in [0.15, 0.2) is 0 Å². The van der Waals surface area contributed by atoms with Crippen LogP contribution < -0.4 is 5.32 Å². The molecule has 0 amide bonds. The first-order valence-electron chi connectivity index (χ1n) is 16.4. The van der Waals surface area contributed by atoms with Crippen LogP contribution >= 0.6 is 0 Å². The van der Waals surface area contributed by atoms with Gasteiger partial charge in [0, 0.05) is 64.4 Å². The molecule has 7 nitrogen and oxygen atoms in total. The molecule has 0 bridgehead atoms. The van der Waals surface area contributed by atoms with Gasteiger partial charge in [-0.2, -0.15) is 0 Å². The number of benzene rings is 1. The second-order valence-electron chi connectivity index (χ2n) is 11.2. The molecule has 1 unspecified atom stereocenters. The first kappa shape index (κ1) is 37.4. The van der Waals surface area contributed by atoms with Gasteiger partial charge in [-0.1, -0.05) is 61.6 Å². The largest absolute Gasteiger partial charge is 0.395 e. The van der Waals surface area contributed by atoms with Gasteiger partial charge in [0.2, 0.25) is 0 Å². The highest BCUT2D eigenvalue weighted by molar-refractivity contribution is 5.82. The van der Waals surface area contributed by atoms with E-state index in [2.05, 4.69) is 59.3 Å². The molecule has 1 aliphatic carbocycles. The number of ether oxygens (including phenoxy) is 1. The van der Waals surface area contributed by atoms with Crippen LogP contribution in [-0.4, -0.2) is 97.7 Å². The number of halogens is 1. The molecule has 1 aliphatic rings. The Labute approximate surface area is 265 Å². The zero-order chi connectivity index (χ0) is 32.0. The number of nitrogens with zero attached hydrogens (tertiary/aromatic N) is 3. The van der Waals surface area contributed by atoms with E-state index in [1.807, 2.05) is 32.1 Å². The van der Waals surface area contributed by atoms with Crippen LogP contribution in [-0.2, 0) is 17.7 Å². The zero-order valence-electron chi connectivity index (χ0n) is 27.6. The molecular weight excluding hydrogens is 555 g/mol. The Morgan fingerprint density at radius 3 is 2.66 bits per heavy atom. The minimum atomic E-state index is -0.871. The number of aliphatic hydroxyl groups excluding tert-OH is 2. The van der Waals surface area contributed by atoms with Crippen molar-refractivity contribution >= 4 is 5.84 Å². The fourth-order valence-corrected chi connectivity index (χ4v) is 5.19. The van der Waals surface area contributed by atoms with Gasteiger partial charge in [0.25, 0.3) is 0 Å².